The smallest absolute Gasteiger partial charge is 0.325 e. The molecular formula is C19H30N4O3. The molecule has 1 saturated heterocycles. The molecule has 1 spiro atoms. The average Bonchev–Trinajstić information content (AvgIpc) is 3.13. The SMILES string of the molecule is CC(C(=O)NC1C2CCCC1CC(N)C2)N1C(=O)NC2(CCCC2)C1=O. The zero-order valence-corrected chi connectivity index (χ0v) is 15.5. The van der Waals surface area contributed by atoms with E-state index >= 15 is 0 Å². The van der Waals surface area contributed by atoms with Crippen LogP contribution in [0.15, 0.2) is 0 Å². The maximum Gasteiger partial charge on any atom is 0.325 e. The van der Waals surface area contributed by atoms with Gasteiger partial charge in [0.25, 0.3) is 5.91 Å². The maximum atomic E-state index is 12.9. The average molecular weight is 362 g/mol. The molecule has 26 heavy (non-hydrogen) atoms. The molecule has 3 unspecified atom stereocenters. The van der Waals surface area contributed by atoms with Crippen molar-refractivity contribution in [3.63, 3.8) is 0 Å². The molecule has 0 aromatic heterocycles. The lowest BCUT2D eigenvalue weighted by Gasteiger charge is -2.45. The van der Waals surface area contributed by atoms with Crippen LogP contribution in [0.5, 0.6) is 0 Å². The van der Waals surface area contributed by atoms with Crippen LogP contribution in [0.3, 0.4) is 0 Å². The number of urea groups is 1. The van der Waals surface area contributed by atoms with Crippen molar-refractivity contribution in [2.75, 3.05) is 0 Å². The fourth-order valence-electron chi connectivity index (χ4n) is 5.74. The predicted molar refractivity (Wildman–Crippen MR) is 96.0 cm³/mol. The van der Waals surface area contributed by atoms with E-state index in [1.165, 1.54) is 6.42 Å². The minimum atomic E-state index is -0.779. The number of nitrogens with one attached hydrogen (secondary N) is 2. The topological polar surface area (TPSA) is 105 Å². The van der Waals surface area contributed by atoms with E-state index in [1.807, 2.05) is 0 Å². The van der Waals surface area contributed by atoms with Gasteiger partial charge in [0.15, 0.2) is 0 Å². The van der Waals surface area contributed by atoms with E-state index in [4.69, 9.17) is 5.73 Å². The molecule has 0 radical (unpaired) electrons. The highest BCUT2D eigenvalue weighted by atomic mass is 16.2. The highest BCUT2D eigenvalue weighted by molar-refractivity contribution is 6.10. The van der Waals surface area contributed by atoms with Crippen LogP contribution in [0.2, 0.25) is 0 Å². The van der Waals surface area contributed by atoms with Crippen LogP contribution < -0.4 is 16.4 Å². The van der Waals surface area contributed by atoms with Gasteiger partial charge in [0.2, 0.25) is 5.91 Å². The molecule has 1 aliphatic heterocycles. The van der Waals surface area contributed by atoms with Gasteiger partial charge in [0, 0.05) is 12.1 Å². The molecule has 3 saturated carbocycles. The van der Waals surface area contributed by atoms with Crippen molar-refractivity contribution in [3.8, 4) is 0 Å². The van der Waals surface area contributed by atoms with E-state index in [9.17, 15) is 14.4 Å². The van der Waals surface area contributed by atoms with Crippen LogP contribution >= 0.6 is 0 Å². The molecule has 4 rings (SSSR count). The third-order valence-corrected chi connectivity index (χ3v) is 7.10. The normalized spacial score (nSPS) is 36.9. The third-order valence-electron chi connectivity index (χ3n) is 7.10. The molecule has 4 fully saturated rings. The third kappa shape index (κ3) is 2.80. The van der Waals surface area contributed by atoms with Gasteiger partial charge in [0.05, 0.1) is 0 Å². The monoisotopic (exact) mass is 362 g/mol. The summed E-state index contributed by atoms with van der Waals surface area (Å²) in [5.41, 5.74) is 5.40. The van der Waals surface area contributed by atoms with Gasteiger partial charge in [-0.2, -0.15) is 0 Å². The Kier molecular flexibility index (Phi) is 4.45. The standard InChI is InChI=1S/C19H30N4O3/c1-11(23-17(25)19(22-18(23)26)7-2-3-8-19)16(24)21-15-12-5-4-6-13(15)10-14(20)9-12/h11-15H,2-10,20H2,1H3,(H,21,24)(H,22,26). The number of fused-ring (bicyclic) bond motifs is 2. The summed E-state index contributed by atoms with van der Waals surface area (Å²) in [6, 6.07) is -0.854. The molecular weight excluding hydrogens is 332 g/mol. The van der Waals surface area contributed by atoms with Crippen molar-refractivity contribution >= 4 is 17.8 Å². The largest absolute Gasteiger partial charge is 0.351 e. The quantitative estimate of drug-likeness (QED) is 0.657. The van der Waals surface area contributed by atoms with Gasteiger partial charge in [-0.1, -0.05) is 19.3 Å². The van der Waals surface area contributed by atoms with Gasteiger partial charge in [-0.15, -0.1) is 0 Å². The zero-order valence-electron chi connectivity index (χ0n) is 15.5. The van der Waals surface area contributed by atoms with Crippen LogP contribution in [-0.4, -0.2) is 46.4 Å². The van der Waals surface area contributed by atoms with Gasteiger partial charge in [-0.25, -0.2) is 9.69 Å². The van der Waals surface area contributed by atoms with Crippen LogP contribution in [0.4, 0.5) is 4.79 Å². The lowest BCUT2D eigenvalue weighted by atomic mass is 9.67. The summed E-state index contributed by atoms with van der Waals surface area (Å²) >= 11 is 0. The number of hydrogen-bond donors (Lipinski definition) is 3. The Morgan fingerprint density at radius 2 is 1.81 bits per heavy atom. The minimum absolute atomic E-state index is 0.125. The van der Waals surface area contributed by atoms with Crippen LogP contribution in [0, 0.1) is 11.8 Å². The molecule has 7 nitrogen and oxygen atoms in total. The van der Waals surface area contributed by atoms with Crippen LogP contribution in [0.1, 0.15) is 64.7 Å². The van der Waals surface area contributed by atoms with Crippen molar-refractivity contribution in [2.24, 2.45) is 17.6 Å². The van der Waals surface area contributed by atoms with Crippen molar-refractivity contribution in [1.82, 2.24) is 15.5 Å². The van der Waals surface area contributed by atoms with E-state index in [0.717, 1.165) is 43.4 Å². The number of amides is 4. The first kappa shape index (κ1) is 17.8. The van der Waals surface area contributed by atoms with Crippen molar-refractivity contribution in [1.29, 1.82) is 0 Å². The number of rotatable bonds is 3. The summed E-state index contributed by atoms with van der Waals surface area (Å²) in [6.07, 6.45) is 8.49. The molecule has 1 heterocycles. The molecule has 4 amide bonds. The number of hydrogen-bond acceptors (Lipinski definition) is 4. The van der Waals surface area contributed by atoms with Crippen LogP contribution in [-0.2, 0) is 9.59 Å². The summed E-state index contributed by atoms with van der Waals surface area (Å²) in [5, 5.41) is 6.02. The summed E-state index contributed by atoms with van der Waals surface area (Å²) in [6.45, 7) is 1.66. The first-order valence-electron chi connectivity index (χ1n) is 10.1. The van der Waals surface area contributed by atoms with Gasteiger partial charge in [-0.05, 0) is 57.3 Å². The van der Waals surface area contributed by atoms with Gasteiger partial charge in [-0.3, -0.25) is 9.59 Å². The Balaban J connectivity index is 1.45. The fourth-order valence-corrected chi connectivity index (χ4v) is 5.74. The van der Waals surface area contributed by atoms with Gasteiger partial charge >= 0.3 is 6.03 Å². The summed E-state index contributed by atoms with van der Waals surface area (Å²) < 4.78 is 0. The Morgan fingerprint density at radius 1 is 1.19 bits per heavy atom. The molecule has 4 aliphatic rings. The van der Waals surface area contributed by atoms with Crippen LogP contribution in [0.25, 0.3) is 0 Å². The number of carbonyl (C=O) groups excluding carboxylic acids is 3. The summed E-state index contributed by atoms with van der Waals surface area (Å²) in [5.74, 6) is 0.380. The molecule has 2 bridgehead atoms. The predicted octanol–water partition coefficient (Wildman–Crippen LogP) is 1.26. The Bertz CT molecular complexity index is 602. The molecule has 3 atom stereocenters. The van der Waals surface area contributed by atoms with E-state index < -0.39 is 17.6 Å². The summed E-state index contributed by atoms with van der Waals surface area (Å²) in [7, 11) is 0. The second-order valence-corrected chi connectivity index (χ2v) is 8.79. The highest BCUT2D eigenvalue weighted by Gasteiger charge is 2.54. The highest BCUT2D eigenvalue weighted by Crippen LogP contribution is 2.40. The number of imide groups is 1. The fraction of sp³-hybridized carbons (Fsp3) is 0.842. The Morgan fingerprint density at radius 3 is 2.42 bits per heavy atom. The molecule has 0 aromatic carbocycles. The van der Waals surface area contributed by atoms with E-state index in [-0.39, 0.29) is 23.9 Å². The van der Waals surface area contributed by atoms with Crippen molar-refractivity contribution < 1.29 is 14.4 Å². The molecule has 7 heteroatoms. The number of nitrogens with zero attached hydrogens (tertiary/aromatic N) is 1. The zero-order chi connectivity index (χ0) is 18.5. The van der Waals surface area contributed by atoms with Crippen molar-refractivity contribution in [3.05, 3.63) is 0 Å². The maximum absolute atomic E-state index is 12.9. The first-order valence-corrected chi connectivity index (χ1v) is 10.1. The summed E-state index contributed by atoms with van der Waals surface area (Å²) in [4.78, 5) is 39.3. The second kappa shape index (κ2) is 6.51. The van der Waals surface area contributed by atoms with Gasteiger partial charge < -0.3 is 16.4 Å². The molecule has 4 N–H and O–H groups in total. The van der Waals surface area contributed by atoms with Gasteiger partial charge in [0.1, 0.15) is 11.6 Å². The molecule has 0 aromatic rings. The number of carbonyl (C=O) groups is 3. The Hall–Kier alpha value is -1.63. The second-order valence-electron chi connectivity index (χ2n) is 8.79. The number of nitrogens with two attached hydrogens (primary N) is 1. The Labute approximate surface area is 154 Å². The molecule has 144 valence electrons. The van der Waals surface area contributed by atoms with Crippen molar-refractivity contribution in [2.45, 2.75) is 88.4 Å². The van der Waals surface area contributed by atoms with E-state index in [1.54, 1.807) is 6.92 Å². The van der Waals surface area contributed by atoms with E-state index in [2.05, 4.69) is 10.6 Å². The van der Waals surface area contributed by atoms with E-state index in [0.29, 0.717) is 24.7 Å². The first-order chi connectivity index (χ1) is 12.4. The molecule has 3 aliphatic carbocycles. The lowest BCUT2D eigenvalue weighted by molar-refractivity contribution is -0.138. The lowest BCUT2D eigenvalue weighted by Crippen LogP contribution is -2.58. The minimum Gasteiger partial charge on any atom is -0.351 e.